The number of alkyl halides is 6. The van der Waals surface area contributed by atoms with Gasteiger partial charge in [0, 0.05) is 0 Å². The highest BCUT2D eigenvalue weighted by Gasteiger charge is 2.32. The van der Waals surface area contributed by atoms with Gasteiger partial charge in [-0.25, -0.2) is 0 Å². The molecule has 0 bridgehead atoms. The van der Waals surface area contributed by atoms with Gasteiger partial charge in [-0.1, -0.05) is 92.8 Å². The minimum absolute atomic E-state index is 0.434. The summed E-state index contributed by atoms with van der Waals surface area (Å²) in [6.45, 7) is 0. The topological polar surface area (TPSA) is 9.23 Å². The number of hydrogen-bond acceptors (Lipinski definition) is 1. The zero-order valence-electron chi connectivity index (χ0n) is 7.19. The van der Waals surface area contributed by atoms with Gasteiger partial charge in [0.2, 0.25) is 18.0 Å². The van der Waals surface area contributed by atoms with E-state index in [1.807, 2.05) is 0 Å². The molecule has 0 atom stereocenters. The minimum Gasteiger partial charge on any atom is -0.431 e. The lowest BCUT2D eigenvalue weighted by atomic mass is 10.6. The standard InChI is InChI=1S/C6Cl10O/c7-1(5(11,12)13)3(9)17-4(10)2(8)6(14,15)16. The van der Waals surface area contributed by atoms with Gasteiger partial charge >= 0.3 is 0 Å². The molecule has 0 aromatic heterocycles. The van der Waals surface area contributed by atoms with Gasteiger partial charge in [0.25, 0.3) is 0 Å². The van der Waals surface area contributed by atoms with Crippen LogP contribution in [0, 0.1) is 0 Å². The summed E-state index contributed by atoms with van der Waals surface area (Å²) >= 11 is 54.9. The molecule has 0 aliphatic heterocycles. The van der Waals surface area contributed by atoms with Gasteiger partial charge in [-0.3, -0.25) is 0 Å². The molecule has 0 spiro atoms. The van der Waals surface area contributed by atoms with Crippen molar-refractivity contribution in [3.8, 4) is 0 Å². The maximum absolute atomic E-state index is 5.57. The predicted octanol–water partition coefficient (Wildman–Crippen LogP) is 7.04. The number of hydrogen-bond donors (Lipinski definition) is 0. The van der Waals surface area contributed by atoms with Crippen molar-refractivity contribution in [2.75, 3.05) is 0 Å². The quantitative estimate of drug-likeness (QED) is 0.329. The minimum atomic E-state index is -1.98. The van der Waals surface area contributed by atoms with E-state index in [0.717, 1.165) is 0 Å². The van der Waals surface area contributed by atoms with Crippen LogP contribution < -0.4 is 0 Å². The van der Waals surface area contributed by atoms with Crippen molar-refractivity contribution in [3.63, 3.8) is 0 Å². The van der Waals surface area contributed by atoms with Gasteiger partial charge in [-0.15, -0.1) is 0 Å². The molecule has 0 fully saturated rings. The van der Waals surface area contributed by atoms with Crippen molar-refractivity contribution < 1.29 is 4.74 Å². The third kappa shape index (κ3) is 6.94. The van der Waals surface area contributed by atoms with Gasteiger partial charge in [0.1, 0.15) is 10.1 Å². The molecule has 0 saturated heterocycles. The van der Waals surface area contributed by atoms with E-state index in [1.165, 1.54) is 0 Å². The van der Waals surface area contributed by atoms with E-state index in [2.05, 4.69) is 0 Å². The molecule has 0 aromatic carbocycles. The first-order chi connectivity index (χ1) is 7.37. The Labute approximate surface area is 147 Å². The third-order valence-corrected chi connectivity index (χ3v) is 4.37. The second-order valence-corrected chi connectivity index (χ2v) is 8.28. The number of allylic oxidation sites excluding steroid dienone is 2. The summed E-state index contributed by atoms with van der Waals surface area (Å²) < 4.78 is 0.779. The Balaban J connectivity index is 5.13. The number of halogens is 10. The first-order valence-corrected chi connectivity index (χ1v) is 7.08. The molecule has 0 heterocycles. The molecule has 11 heteroatoms. The van der Waals surface area contributed by atoms with E-state index < -0.39 is 28.1 Å². The molecule has 0 amide bonds. The van der Waals surface area contributed by atoms with Crippen LogP contribution in [0.15, 0.2) is 20.5 Å². The van der Waals surface area contributed by atoms with Crippen molar-refractivity contribution in [1.82, 2.24) is 0 Å². The fraction of sp³-hybridized carbons (Fsp3) is 0.333. The lowest BCUT2D eigenvalue weighted by Crippen LogP contribution is -2.07. The van der Waals surface area contributed by atoms with Crippen LogP contribution in [0.25, 0.3) is 0 Å². The van der Waals surface area contributed by atoms with Crippen LogP contribution in [0.3, 0.4) is 0 Å². The van der Waals surface area contributed by atoms with Crippen LogP contribution in [-0.2, 0) is 4.74 Å². The lowest BCUT2D eigenvalue weighted by Gasteiger charge is -2.14. The van der Waals surface area contributed by atoms with Crippen LogP contribution >= 0.6 is 116 Å². The molecule has 0 unspecified atom stereocenters. The van der Waals surface area contributed by atoms with Crippen LogP contribution in [0.2, 0.25) is 0 Å². The van der Waals surface area contributed by atoms with Crippen molar-refractivity contribution in [2.24, 2.45) is 0 Å². The largest absolute Gasteiger partial charge is 0.431 e. The summed E-state index contributed by atoms with van der Waals surface area (Å²) in [5, 5.41) is -1.92. The molecule has 0 aromatic rings. The average molecular weight is 443 g/mol. The third-order valence-electron chi connectivity index (χ3n) is 1.02. The predicted molar refractivity (Wildman–Crippen MR) is 79.1 cm³/mol. The Kier molecular flexibility index (Phi) is 8.19. The van der Waals surface area contributed by atoms with Crippen LogP contribution in [0.4, 0.5) is 0 Å². The highest BCUT2D eigenvalue weighted by Crippen LogP contribution is 2.43. The molecule has 0 N–H and O–H groups in total. The highest BCUT2D eigenvalue weighted by atomic mass is 35.6. The molecular weight excluding hydrogens is 443 g/mol. The van der Waals surface area contributed by atoms with Gasteiger partial charge in [0.05, 0.1) is 0 Å². The van der Waals surface area contributed by atoms with E-state index >= 15 is 0 Å². The summed E-state index contributed by atoms with van der Waals surface area (Å²) in [6.07, 6.45) is 0. The highest BCUT2D eigenvalue weighted by molar-refractivity contribution is 6.74. The van der Waals surface area contributed by atoms with Crippen molar-refractivity contribution in [3.05, 3.63) is 20.5 Å². The van der Waals surface area contributed by atoms with E-state index in [0.29, 0.717) is 0 Å². The first kappa shape index (κ1) is 19.2. The van der Waals surface area contributed by atoms with Gasteiger partial charge < -0.3 is 4.74 Å². The Bertz CT molecular complexity index is 311. The zero-order chi connectivity index (χ0) is 14.0. The van der Waals surface area contributed by atoms with Crippen molar-refractivity contribution in [1.29, 1.82) is 0 Å². The van der Waals surface area contributed by atoms with Crippen LogP contribution in [0.1, 0.15) is 0 Å². The lowest BCUT2D eigenvalue weighted by molar-refractivity contribution is 0.362. The smallest absolute Gasteiger partial charge is 0.230 e. The summed E-state index contributed by atoms with van der Waals surface area (Å²) in [6, 6.07) is 0. The Hall–Kier alpha value is 2.18. The Morgan fingerprint density at radius 3 is 1.00 bits per heavy atom. The van der Waals surface area contributed by atoms with Crippen molar-refractivity contribution >= 4 is 116 Å². The molecule has 0 radical (unpaired) electrons. The number of ether oxygens (including phenoxy) is 1. The first-order valence-electron chi connectivity index (χ1n) is 3.30. The van der Waals surface area contributed by atoms with Gasteiger partial charge in [0.15, 0.2) is 0 Å². The molecule has 0 saturated carbocycles. The second-order valence-electron chi connectivity index (χ2n) is 2.27. The van der Waals surface area contributed by atoms with E-state index in [-0.39, 0.29) is 0 Å². The summed E-state index contributed by atoms with van der Waals surface area (Å²) in [5.41, 5.74) is 0. The normalized spacial score (nSPS) is 16.4. The van der Waals surface area contributed by atoms with E-state index in [4.69, 9.17) is 121 Å². The SMILES string of the molecule is ClC(OC(Cl)=C(Cl)C(Cl)(Cl)Cl)=C(Cl)C(Cl)(Cl)Cl. The average Bonchev–Trinajstić information content (AvgIpc) is 2.12. The molecule has 0 rings (SSSR count). The summed E-state index contributed by atoms with van der Waals surface area (Å²) in [4.78, 5) is 0. The van der Waals surface area contributed by atoms with Crippen molar-refractivity contribution in [2.45, 2.75) is 7.59 Å². The molecular formula is C6Cl10O. The van der Waals surface area contributed by atoms with E-state index in [9.17, 15) is 0 Å². The summed E-state index contributed by atoms with van der Waals surface area (Å²) in [7, 11) is 0. The monoisotopic (exact) mass is 438 g/mol. The van der Waals surface area contributed by atoms with E-state index in [1.54, 1.807) is 0 Å². The van der Waals surface area contributed by atoms with Gasteiger partial charge in [-0.2, -0.15) is 0 Å². The molecule has 0 aliphatic rings. The molecule has 17 heavy (non-hydrogen) atoms. The fourth-order valence-electron chi connectivity index (χ4n) is 0.391. The maximum atomic E-state index is 5.57. The van der Waals surface area contributed by atoms with Crippen LogP contribution in [0.5, 0.6) is 0 Å². The molecule has 100 valence electrons. The summed E-state index contributed by atoms with van der Waals surface area (Å²) in [5.74, 6) is 0. The van der Waals surface area contributed by atoms with Gasteiger partial charge in [-0.05, 0) is 23.2 Å². The Morgan fingerprint density at radius 2 is 0.824 bits per heavy atom. The molecule has 1 nitrogen and oxygen atoms in total. The zero-order valence-corrected chi connectivity index (χ0v) is 14.7. The number of rotatable bonds is 2. The van der Waals surface area contributed by atoms with Crippen LogP contribution in [-0.4, -0.2) is 7.59 Å². The Morgan fingerprint density at radius 1 is 0.588 bits per heavy atom. The fourth-order valence-corrected chi connectivity index (χ4v) is 1.75. The second kappa shape index (κ2) is 7.26. The maximum Gasteiger partial charge on any atom is 0.230 e. The molecule has 0 aliphatic carbocycles.